The van der Waals surface area contributed by atoms with Gasteiger partial charge in [-0.15, -0.1) is 0 Å². The van der Waals surface area contributed by atoms with E-state index in [-0.39, 0.29) is 0 Å². The molecule has 0 aliphatic carbocycles. The summed E-state index contributed by atoms with van der Waals surface area (Å²) in [5.74, 6) is 0.757. The molecule has 0 aliphatic heterocycles. The Kier molecular flexibility index (Phi) is 10.3. The minimum atomic E-state index is 0.757. The average molecular weight is 277 g/mol. The molecule has 114 valence electrons. The Labute approximate surface area is 124 Å². The molecule has 0 spiro atoms. The summed E-state index contributed by atoms with van der Waals surface area (Å²) < 4.78 is 5.80. The Bertz CT molecular complexity index is 312. The molecule has 1 aromatic carbocycles. The van der Waals surface area contributed by atoms with Crippen molar-refractivity contribution in [1.82, 2.24) is 5.32 Å². The lowest BCUT2D eigenvalue weighted by Crippen LogP contribution is -2.17. The second kappa shape index (κ2) is 11.9. The number of nitrogens with one attached hydrogen (secondary N) is 1. The fourth-order valence-corrected chi connectivity index (χ4v) is 2.28. The van der Waals surface area contributed by atoms with Crippen LogP contribution in [-0.2, 0) is 11.3 Å². The normalized spacial score (nSPS) is 12.5. The van der Waals surface area contributed by atoms with E-state index in [1.165, 1.54) is 31.2 Å². The van der Waals surface area contributed by atoms with Gasteiger partial charge in [0.15, 0.2) is 0 Å². The van der Waals surface area contributed by atoms with Crippen LogP contribution in [0.5, 0.6) is 0 Å². The maximum absolute atomic E-state index is 5.80. The molecule has 0 radical (unpaired) electrons. The number of ether oxygens (including phenoxy) is 1. The smallest absolute Gasteiger partial charge is 0.0494 e. The predicted molar refractivity (Wildman–Crippen MR) is 86.9 cm³/mol. The molecule has 1 rings (SSSR count). The molecule has 2 nitrogen and oxygen atoms in total. The molecule has 0 bridgehead atoms. The summed E-state index contributed by atoms with van der Waals surface area (Å²) in [7, 11) is 0. The summed E-state index contributed by atoms with van der Waals surface area (Å²) in [6.07, 6.45) is 6.28. The average Bonchev–Trinajstić information content (AvgIpc) is 2.50. The van der Waals surface area contributed by atoms with E-state index in [0.29, 0.717) is 0 Å². The highest BCUT2D eigenvalue weighted by molar-refractivity contribution is 5.14. The number of rotatable bonds is 12. The molecule has 1 N–H and O–H groups in total. The lowest BCUT2D eigenvalue weighted by Gasteiger charge is -2.14. The van der Waals surface area contributed by atoms with Gasteiger partial charge in [-0.3, -0.25) is 0 Å². The number of benzene rings is 1. The Balaban J connectivity index is 1.94. The highest BCUT2D eigenvalue weighted by atomic mass is 16.5. The second-order valence-corrected chi connectivity index (χ2v) is 5.51. The topological polar surface area (TPSA) is 21.3 Å². The van der Waals surface area contributed by atoms with Crippen molar-refractivity contribution < 1.29 is 4.74 Å². The van der Waals surface area contributed by atoms with E-state index in [2.05, 4.69) is 49.5 Å². The zero-order valence-electron chi connectivity index (χ0n) is 13.2. The van der Waals surface area contributed by atoms with Gasteiger partial charge in [-0.1, -0.05) is 63.4 Å². The van der Waals surface area contributed by atoms with Gasteiger partial charge in [-0.05, 0) is 30.9 Å². The fraction of sp³-hybridized carbons (Fsp3) is 0.667. The first kappa shape index (κ1) is 17.2. The molecule has 0 fully saturated rings. The van der Waals surface area contributed by atoms with Gasteiger partial charge >= 0.3 is 0 Å². The Morgan fingerprint density at radius 2 is 1.90 bits per heavy atom. The van der Waals surface area contributed by atoms with Crippen LogP contribution in [0.15, 0.2) is 30.3 Å². The SMILES string of the molecule is CCCCC(CC)COCCCNCc1ccccc1. The Morgan fingerprint density at radius 3 is 2.60 bits per heavy atom. The molecular weight excluding hydrogens is 246 g/mol. The van der Waals surface area contributed by atoms with Crippen molar-refractivity contribution in [3.05, 3.63) is 35.9 Å². The van der Waals surface area contributed by atoms with Crippen molar-refractivity contribution in [2.24, 2.45) is 5.92 Å². The highest BCUT2D eigenvalue weighted by Crippen LogP contribution is 2.12. The van der Waals surface area contributed by atoms with Crippen LogP contribution in [0, 0.1) is 5.92 Å². The van der Waals surface area contributed by atoms with Gasteiger partial charge in [-0.2, -0.15) is 0 Å². The van der Waals surface area contributed by atoms with Crippen LogP contribution in [0.1, 0.15) is 51.5 Å². The maximum Gasteiger partial charge on any atom is 0.0494 e. The lowest BCUT2D eigenvalue weighted by molar-refractivity contribution is 0.0921. The van der Waals surface area contributed by atoms with Crippen LogP contribution >= 0.6 is 0 Å². The number of unbranched alkanes of at least 4 members (excludes halogenated alkanes) is 1. The quantitative estimate of drug-likeness (QED) is 0.572. The third-order valence-corrected chi connectivity index (χ3v) is 3.71. The van der Waals surface area contributed by atoms with Crippen molar-refractivity contribution in [2.45, 2.75) is 52.5 Å². The van der Waals surface area contributed by atoms with E-state index in [0.717, 1.165) is 38.6 Å². The van der Waals surface area contributed by atoms with Gasteiger partial charge in [-0.25, -0.2) is 0 Å². The van der Waals surface area contributed by atoms with E-state index in [1.807, 2.05) is 0 Å². The molecular formula is C18H31NO. The molecule has 0 heterocycles. The van der Waals surface area contributed by atoms with E-state index in [9.17, 15) is 0 Å². The first-order chi connectivity index (χ1) is 9.86. The van der Waals surface area contributed by atoms with Crippen LogP contribution in [0.3, 0.4) is 0 Å². The summed E-state index contributed by atoms with van der Waals surface area (Å²) in [6, 6.07) is 10.5. The van der Waals surface area contributed by atoms with E-state index in [1.54, 1.807) is 0 Å². The molecule has 20 heavy (non-hydrogen) atoms. The molecule has 0 saturated heterocycles. The van der Waals surface area contributed by atoms with Crippen LogP contribution in [0.25, 0.3) is 0 Å². The van der Waals surface area contributed by atoms with Crippen LogP contribution in [0.2, 0.25) is 0 Å². The monoisotopic (exact) mass is 277 g/mol. The van der Waals surface area contributed by atoms with Crippen molar-refractivity contribution in [1.29, 1.82) is 0 Å². The highest BCUT2D eigenvalue weighted by Gasteiger charge is 2.05. The standard InChI is InChI=1S/C18H31NO/c1-3-5-10-17(4-2)16-20-14-9-13-19-15-18-11-7-6-8-12-18/h6-8,11-12,17,19H,3-5,9-10,13-16H2,1-2H3. The van der Waals surface area contributed by atoms with Crippen LogP contribution in [0.4, 0.5) is 0 Å². The van der Waals surface area contributed by atoms with Crippen LogP contribution < -0.4 is 5.32 Å². The summed E-state index contributed by atoms with van der Waals surface area (Å²) in [5, 5.41) is 3.46. The second-order valence-electron chi connectivity index (χ2n) is 5.51. The van der Waals surface area contributed by atoms with E-state index in [4.69, 9.17) is 4.74 Å². The van der Waals surface area contributed by atoms with Gasteiger partial charge < -0.3 is 10.1 Å². The summed E-state index contributed by atoms with van der Waals surface area (Å²) in [6.45, 7) is 8.33. The number of hydrogen-bond acceptors (Lipinski definition) is 2. The predicted octanol–water partition coefficient (Wildman–Crippen LogP) is 4.40. The van der Waals surface area contributed by atoms with Gasteiger partial charge in [0, 0.05) is 19.8 Å². The zero-order valence-corrected chi connectivity index (χ0v) is 13.2. The van der Waals surface area contributed by atoms with Crippen molar-refractivity contribution in [2.75, 3.05) is 19.8 Å². The molecule has 0 saturated carbocycles. The Hall–Kier alpha value is -0.860. The van der Waals surface area contributed by atoms with Crippen molar-refractivity contribution in [3.63, 3.8) is 0 Å². The van der Waals surface area contributed by atoms with Gasteiger partial charge in [0.25, 0.3) is 0 Å². The molecule has 0 aliphatic rings. The zero-order chi connectivity index (χ0) is 14.5. The first-order valence-electron chi connectivity index (χ1n) is 8.19. The molecule has 1 aromatic rings. The maximum atomic E-state index is 5.80. The van der Waals surface area contributed by atoms with E-state index >= 15 is 0 Å². The summed E-state index contributed by atoms with van der Waals surface area (Å²) in [4.78, 5) is 0. The molecule has 0 aromatic heterocycles. The third-order valence-electron chi connectivity index (χ3n) is 3.71. The molecule has 2 heteroatoms. The van der Waals surface area contributed by atoms with Gasteiger partial charge in [0.2, 0.25) is 0 Å². The largest absolute Gasteiger partial charge is 0.381 e. The van der Waals surface area contributed by atoms with Crippen LogP contribution in [-0.4, -0.2) is 19.8 Å². The number of hydrogen-bond donors (Lipinski definition) is 1. The molecule has 1 atom stereocenters. The first-order valence-corrected chi connectivity index (χ1v) is 8.19. The van der Waals surface area contributed by atoms with Gasteiger partial charge in [0.1, 0.15) is 0 Å². The third kappa shape index (κ3) is 8.34. The van der Waals surface area contributed by atoms with Crippen molar-refractivity contribution in [3.8, 4) is 0 Å². The fourth-order valence-electron chi connectivity index (χ4n) is 2.28. The van der Waals surface area contributed by atoms with E-state index < -0.39 is 0 Å². The minimum Gasteiger partial charge on any atom is -0.381 e. The van der Waals surface area contributed by atoms with Gasteiger partial charge in [0.05, 0.1) is 0 Å². The summed E-state index contributed by atoms with van der Waals surface area (Å²) >= 11 is 0. The molecule has 1 unspecified atom stereocenters. The minimum absolute atomic E-state index is 0.757. The molecule has 0 amide bonds. The Morgan fingerprint density at radius 1 is 1.10 bits per heavy atom. The summed E-state index contributed by atoms with van der Waals surface area (Å²) in [5.41, 5.74) is 1.35. The van der Waals surface area contributed by atoms with Crippen molar-refractivity contribution >= 4 is 0 Å². The lowest BCUT2D eigenvalue weighted by atomic mass is 10.0.